The van der Waals surface area contributed by atoms with E-state index in [1.807, 2.05) is 24.3 Å². The molecule has 1 aliphatic rings. The Morgan fingerprint density at radius 1 is 1.25 bits per heavy atom. The Labute approximate surface area is 104 Å². The van der Waals surface area contributed by atoms with Crippen LogP contribution in [0.2, 0.25) is 0 Å². The Hall–Kier alpha value is -0.390. The first-order valence-corrected chi connectivity index (χ1v) is 7.71. The smallest absolute Gasteiger partial charge is 0.212 e. The normalized spacial score (nSPS) is 16.3. The van der Waals surface area contributed by atoms with Crippen molar-refractivity contribution in [3.05, 3.63) is 34.3 Å². The van der Waals surface area contributed by atoms with Crippen molar-refractivity contribution in [1.29, 1.82) is 0 Å². The Bertz CT molecular complexity index is 451. The largest absolute Gasteiger partial charge is 0.212 e. The highest BCUT2D eigenvalue weighted by molar-refractivity contribution is 9.10. The van der Waals surface area contributed by atoms with Crippen molar-refractivity contribution in [2.24, 2.45) is 5.92 Å². The molecule has 1 aromatic rings. The highest BCUT2D eigenvalue weighted by atomic mass is 79.9. The van der Waals surface area contributed by atoms with Crippen molar-refractivity contribution in [3.63, 3.8) is 0 Å². The van der Waals surface area contributed by atoms with Gasteiger partial charge in [0.25, 0.3) is 0 Å². The second kappa shape index (κ2) is 4.85. The molecule has 1 fully saturated rings. The second-order valence-corrected chi connectivity index (χ2v) is 6.94. The summed E-state index contributed by atoms with van der Waals surface area (Å²) < 4.78 is 26.8. The first-order valence-electron chi connectivity index (χ1n) is 5.27. The van der Waals surface area contributed by atoms with Crippen molar-refractivity contribution >= 4 is 26.0 Å². The van der Waals surface area contributed by atoms with Crippen LogP contribution in [0.25, 0.3) is 0 Å². The van der Waals surface area contributed by atoms with Gasteiger partial charge in [0.15, 0.2) is 0 Å². The van der Waals surface area contributed by atoms with E-state index in [9.17, 15) is 8.42 Å². The molecule has 0 aliphatic heterocycles. The van der Waals surface area contributed by atoms with Crippen LogP contribution in [0.1, 0.15) is 18.4 Å². The fourth-order valence-corrected chi connectivity index (χ4v) is 3.17. The molecule has 0 bridgehead atoms. The molecule has 2 rings (SSSR count). The van der Waals surface area contributed by atoms with Gasteiger partial charge in [0, 0.05) is 11.0 Å². The molecule has 1 saturated carbocycles. The molecule has 0 saturated heterocycles. The molecule has 1 N–H and O–H groups in total. The number of hydrogen-bond donors (Lipinski definition) is 1. The van der Waals surface area contributed by atoms with Crippen LogP contribution in [-0.2, 0) is 16.6 Å². The lowest BCUT2D eigenvalue weighted by atomic mass is 10.2. The molecule has 16 heavy (non-hydrogen) atoms. The minimum atomic E-state index is -3.09. The lowest BCUT2D eigenvalue weighted by molar-refractivity contribution is 0.577. The standard InChI is InChI=1S/C11H14BrNO2S/c12-11-5-3-9(4-6-11)7-13-16(14,15)8-10-1-2-10/h3-6,10,13H,1-2,7-8H2. The predicted molar refractivity (Wildman–Crippen MR) is 67.5 cm³/mol. The number of halogens is 1. The Morgan fingerprint density at radius 3 is 2.44 bits per heavy atom. The quantitative estimate of drug-likeness (QED) is 0.907. The highest BCUT2D eigenvalue weighted by Crippen LogP contribution is 2.29. The molecule has 0 aromatic heterocycles. The number of nitrogens with one attached hydrogen (secondary N) is 1. The number of rotatable bonds is 5. The second-order valence-electron chi connectivity index (χ2n) is 4.17. The Kier molecular flexibility index (Phi) is 3.66. The van der Waals surface area contributed by atoms with Gasteiger partial charge in [-0.15, -0.1) is 0 Å². The van der Waals surface area contributed by atoms with E-state index in [-0.39, 0.29) is 5.75 Å². The Morgan fingerprint density at radius 2 is 1.88 bits per heavy atom. The molecule has 0 radical (unpaired) electrons. The Balaban J connectivity index is 1.88. The van der Waals surface area contributed by atoms with Crippen molar-refractivity contribution in [3.8, 4) is 0 Å². The third-order valence-electron chi connectivity index (χ3n) is 2.56. The fraction of sp³-hybridized carbons (Fsp3) is 0.455. The van der Waals surface area contributed by atoms with Gasteiger partial charge in [0.2, 0.25) is 10.0 Å². The SMILES string of the molecule is O=S(=O)(CC1CC1)NCc1ccc(Br)cc1. The number of hydrogen-bond acceptors (Lipinski definition) is 2. The molecule has 3 nitrogen and oxygen atoms in total. The molecule has 5 heteroatoms. The van der Waals surface area contributed by atoms with Crippen molar-refractivity contribution in [2.45, 2.75) is 19.4 Å². The summed E-state index contributed by atoms with van der Waals surface area (Å²) in [6, 6.07) is 7.63. The maximum absolute atomic E-state index is 11.6. The van der Waals surface area contributed by atoms with Crippen molar-refractivity contribution in [2.75, 3.05) is 5.75 Å². The molecule has 0 spiro atoms. The molecular weight excluding hydrogens is 290 g/mol. The van der Waals surface area contributed by atoms with Crippen molar-refractivity contribution < 1.29 is 8.42 Å². The number of sulfonamides is 1. The lowest BCUT2D eigenvalue weighted by Gasteiger charge is -2.06. The minimum absolute atomic E-state index is 0.281. The van der Waals surface area contributed by atoms with Crippen LogP contribution < -0.4 is 4.72 Å². The van der Waals surface area contributed by atoms with E-state index in [4.69, 9.17) is 0 Å². The van der Waals surface area contributed by atoms with Crippen LogP contribution in [0.5, 0.6) is 0 Å². The van der Waals surface area contributed by atoms with E-state index in [1.54, 1.807) is 0 Å². The topological polar surface area (TPSA) is 46.2 Å². The van der Waals surface area contributed by atoms with Crippen LogP contribution in [-0.4, -0.2) is 14.2 Å². The van der Waals surface area contributed by atoms with Crippen LogP contribution >= 0.6 is 15.9 Å². The van der Waals surface area contributed by atoms with E-state index < -0.39 is 10.0 Å². The summed E-state index contributed by atoms with van der Waals surface area (Å²) >= 11 is 3.34. The zero-order valence-electron chi connectivity index (χ0n) is 8.82. The third-order valence-corrected chi connectivity index (χ3v) is 4.58. The molecule has 0 atom stereocenters. The molecule has 1 aromatic carbocycles. The summed E-state index contributed by atoms with van der Waals surface area (Å²) in [5, 5.41) is 0. The van der Waals surface area contributed by atoms with Gasteiger partial charge < -0.3 is 0 Å². The van der Waals surface area contributed by atoms with Gasteiger partial charge in [-0.25, -0.2) is 13.1 Å². The summed E-state index contributed by atoms with van der Waals surface area (Å²) in [4.78, 5) is 0. The van der Waals surface area contributed by atoms with Gasteiger partial charge in [0.05, 0.1) is 5.75 Å². The first kappa shape index (κ1) is 12.1. The molecule has 0 unspecified atom stereocenters. The van der Waals surface area contributed by atoms with Crippen LogP contribution in [0, 0.1) is 5.92 Å². The van der Waals surface area contributed by atoms with Crippen LogP contribution in [0.15, 0.2) is 28.7 Å². The molecule has 0 amide bonds. The first-order chi connectivity index (χ1) is 7.55. The monoisotopic (exact) mass is 303 g/mol. The third kappa shape index (κ3) is 3.88. The lowest BCUT2D eigenvalue weighted by Crippen LogP contribution is -2.26. The number of benzene rings is 1. The summed E-state index contributed by atoms with van der Waals surface area (Å²) in [5.74, 6) is 0.672. The van der Waals surface area contributed by atoms with Gasteiger partial charge in [-0.1, -0.05) is 28.1 Å². The zero-order chi connectivity index (χ0) is 11.6. The summed E-state index contributed by atoms with van der Waals surface area (Å²) in [6.07, 6.45) is 2.11. The van der Waals surface area contributed by atoms with E-state index >= 15 is 0 Å². The van der Waals surface area contributed by atoms with Gasteiger partial charge in [-0.05, 0) is 36.5 Å². The average Bonchev–Trinajstić information content (AvgIpc) is 3.00. The molecule has 88 valence electrons. The predicted octanol–water partition coefficient (Wildman–Crippen LogP) is 2.28. The summed E-state index contributed by atoms with van der Waals surface area (Å²) in [5.41, 5.74) is 0.975. The van der Waals surface area contributed by atoms with Crippen LogP contribution in [0.3, 0.4) is 0 Å². The van der Waals surface area contributed by atoms with E-state index in [2.05, 4.69) is 20.7 Å². The van der Waals surface area contributed by atoms with E-state index in [1.165, 1.54) is 0 Å². The maximum atomic E-state index is 11.6. The van der Waals surface area contributed by atoms with Gasteiger partial charge >= 0.3 is 0 Å². The maximum Gasteiger partial charge on any atom is 0.212 e. The van der Waals surface area contributed by atoms with E-state index in [0.717, 1.165) is 22.9 Å². The summed E-state index contributed by atoms with van der Waals surface area (Å²) in [7, 11) is -3.09. The minimum Gasteiger partial charge on any atom is -0.212 e. The van der Waals surface area contributed by atoms with Gasteiger partial charge in [0.1, 0.15) is 0 Å². The van der Waals surface area contributed by atoms with Gasteiger partial charge in [-0.3, -0.25) is 0 Å². The van der Waals surface area contributed by atoms with Crippen molar-refractivity contribution in [1.82, 2.24) is 4.72 Å². The van der Waals surface area contributed by atoms with E-state index in [0.29, 0.717) is 12.5 Å². The zero-order valence-corrected chi connectivity index (χ0v) is 11.2. The van der Waals surface area contributed by atoms with Crippen LogP contribution in [0.4, 0.5) is 0 Å². The fourth-order valence-electron chi connectivity index (χ4n) is 1.45. The van der Waals surface area contributed by atoms with Gasteiger partial charge in [-0.2, -0.15) is 0 Å². The molecule has 1 aliphatic carbocycles. The molecule has 0 heterocycles. The highest BCUT2D eigenvalue weighted by Gasteiger charge is 2.27. The average molecular weight is 304 g/mol. The summed E-state index contributed by atoms with van der Waals surface area (Å²) in [6.45, 7) is 0.377. The molecular formula is C11H14BrNO2S.